The lowest BCUT2D eigenvalue weighted by Gasteiger charge is -2.16. The Hall–Kier alpha value is -0.990. The number of H-pyrrole nitrogens is 1. The van der Waals surface area contributed by atoms with Gasteiger partial charge in [0.15, 0.2) is 0 Å². The second-order valence-corrected chi connectivity index (χ2v) is 4.84. The number of aromatic amines is 1. The van der Waals surface area contributed by atoms with Crippen molar-refractivity contribution < 1.29 is 0 Å². The summed E-state index contributed by atoms with van der Waals surface area (Å²) in [5.74, 6) is 1.71. The Morgan fingerprint density at radius 3 is 2.50 bits per heavy atom. The molecule has 16 heavy (non-hydrogen) atoms. The molecule has 0 saturated carbocycles. The van der Waals surface area contributed by atoms with Gasteiger partial charge in [-0.05, 0) is 18.8 Å². The van der Waals surface area contributed by atoms with Crippen molar-refractivity contribution in [3.63, 3.8) is 0 Å². The van der Waals surface area contributed by atoms with Gasteiger partial charge in [-0.25, -0.2) is 0 Å². The maximum atomic E-state index is 5.92. The lowest BCUT2D eigenvalue weighted by atomic mass is 9.89. The number of aromatic nitrogens is 2. The Balaban J connectivity index is 2.91. The van der Waals surface area contributed by atoms with E-state index in [1.165, 1.54) is 30.5 Å². The van der Waals surface area contributed by atoms with Crippen molar-refractivity contribution in [3.05, 3.63) is 11.3 Å². The summed E-state index contributed by atoms with van der Waals surface area (Å²) in [5, 5.41) is 7.31. The molecular formula is C13H25N3. The third-order valence-electron chi connectivity index (χ3n) is 3.25. The molecule has 0 aliphatic rings. The average Bonchev–Trinajstić information content (AvgIpc) is 2.62. The Morgan fingerprint density at radius 2 is 2.00 bits per heavy atom. The van der Waals surface area contributed by atoms with E-state index in [9.17, 15) is 0 Å². The molecule has 1 rings (SSSR count). The van der Waals surface area contributed by atoms with Crippen LogP contribution in [-0.4, -0.2) is 10.2 Å². The zero-order valence-electron chi connectivity index (χ0n) is 11.0. The highest BCUT2D eigenvalue weighted by atomic mass is 15.2. The van der Waals surface area contributed by atoms with Crippen LogP contribution in [0.3, 0.4) is 0 Å². The summed E-state index contributed by atoms with van der Waals surface area (Å²) >= 11 is 0. The third-order valence-corrected chi connectivity index (χ3v) is 3.25. The number of nitrogens with zero attached hydrogens (tertiary/aromatic N) is 1. The average molecular weight is 223 g/mol. The Morgan fingerprint density at radius 1 is 1.31 bits per heavy atom. The highest BCUT2D eigenvalue weighted by molar-refractivity contribution is 5.45. The molecule has 1 aromatic rings. The van der Waals surface area contributed by atoms with E-state index in [4.69, 9.17) is 5.73 Å². The predicted octanol–water partition coefficient (Wildman–Crippen LogP) is 3.80. The van der Waals surface area contributed by atoms with E-state index < -0.39 is 0 Å². The van der Waals surface area contributed by atoms with Gasteiger partial charge >= 0.3 is 0 Å². The molecule has 0 saturated heterocycles. The number of nitrogens with one attached hydrogen (secondary N) is 1. The van der Waals surface area contributed by atoms with E-state index in [0.717, 1.165) is 6.42 Å². The number of nitrogens with two attached hydrogens (primary N) is 1. The lowest BCUT2D eigenvalue weighted by molar-refractivity contribution is 0.550. The van der Waals surface area contributed by atoms with Crippen LogP contribution in [0, 0.1) is 0 Å². The van der Waals surface area contributed by atoms with Crippen LogP contribution in [0.15, 0.2) is 0 Å². The van der Waals surface area contributed by atoms with Crippen LogP contribution >= 0.6 is 0 Å². The quantitative estimate of drug-likeness (QED) is 0.770. The summed E-state index contributed by atoms with van der Waals surface area (Å²) in [5.41, 5.74) is 8.41. The van der Waals surface area contributed by atoms with Gasteiger partial charge < -0.3 is 5.73 Å². The maximum Gasteiger partial charge on any atom is 0.148 e. The standard InChI is InChI=1S/C13H25N3/c1-5-7-8-10(6-2)12-11(9(3)4)13(14)16-15-12/h9-10H,5-8H2,1-4H3,(H3,14,15,16). The van der Waals surface area contributed by atoms with Crippen molar-refractivity contribution in [1.82, 2.24) is 10.2 Å². The summed E-state index contributed by atoms with van der Waals surface area (Å²) in [4.78, 5) is 0. The SMILES string of the molecule is CCCCC(CC)c1[nH]nc(N)c1C(C)C. The number of anilines is 1. The summed E-state index contributed by atoms with van der Waals surface area (Å²) in [6, 6.07) is 0. The molecule has 0 spiro atoms. The molecule has 1 unspecified atom stereocenters. The van der Waals surface area contributed by atoms with Gasteiger partial charge in [0.2, 0.25) is 0 Å². The van der Waals surface area contributed by atoms with Crippen molar-refractivity contribution in [2.24, 2.45) is 0 Å². The molecule has 0 amide bonds. The van der Waals surface area contributed by atoms with Gasteiger partial charge in [-0.3, -0.25) is 5.10 Å². The van der Waals surface area contributed by atoms with Gasteiger partial charge in [0, 0.05) is 17.2 Å². The Labute approximate surface area is 98.8 Å². The number of hydrogen-bond acceptors (Lipinski definition) is 2. The van der Waals surface area contributed by atoms with Gasteiger partial charge in [-0.15, -0.1) is 0 Å². The number of nitrogen functional groups attached to an aromatic ring is 1. The van der Waals surface area contributed by atoms with Crippen molar-refractivity contribution in [3.8, 4) is 0 Å². The van der Waals surface area contributed by atoms with Crippen LogP contribution in [-0.2, 0) is 0 Å². The first kappa shape index (κ1) is 13.1. The normalized spacial score (nSPS) is 13.3. The lowest BCUT2D eigenvalue weighted by Crippen LogP contribution is -2.04. The van der Waals surface area contributed by atoms with E-state index in [1.807, 2.05) is 0 Å². The maximum absolute atomic E-state index is 5.92. The molecule has 92 valence electrons. The molecule has 3 N–H and O–H groups in total. The zero-order valence-corrected chi connectivity index (χ0v) is 11.0. The van der Waals surface area contributed by atoms with Crippen LogP contribution < -0.4 is 5.73 Å². The smallest absolute Gasteiger partial charge is 0.148 e. The highest BCUT2D eigenvalue weighted by Crippen LogP contribution is 2.33. The highest BCUT2D eigenvalue weighted by Gasteiger charge is 2.20. The summed E-state index contributed by atoms with van der Waals surface area (Å²) in [6.45, 7) is 8.83. The van der Waals surface area contributed by atoms with E-state index in [2.05, 4.69) is 37.9 Å². The Bertz CT molecular complexity index is 315. The second-order valence-electron chi connectivity index (χ2n) is 4.84. The molecule has 0 radical (unpaired) electrons. The molecule has 1 atom stereocenters. The van der Waals surface area contributed by atoms with Crippen molar-refractivity contribution in [2.45, 2.75) is 65.2 Å². The van der Waals surface area contributed by atoms with Gasteiger partial charge in [-0.1, -0.05) is 40.5 Å². The first-order valence-corrected chi connectivity index (χ1v) is 6.45. The van der Waals surface area contributed by atoms with Crippen molar-refractivity contribution in [1.29, 1.82) is 0 Å². The third kappa shape index (κ3) is 2.77. The molecule has 0 aliphatic heterocycles. The first-order valence-electron chi connectivity index (χ1n) is 6.45. The van der Waals surface area contributed by atoms with E-state index in [0.29, 0.717) is 17.7 Å². The van der Waals surface area contributed by atoms with Crippen LogP contribution in [0.25, 0.3) is 0 Å². The fraction of sp³-hybridized carbons (Fsp3) is 0.769. The van der Waals surface area contributed by atoms with E-state index in [1.54, 1.807) is 0 Å². The molecule has 0 fully saturated rings. The monoisotopic (exact) mass is 223 g/mol. The molecule has 1 aromatic heterocycles. The molecule has 0 aromatic carbocycles. The largest absolute Gasteiger partial charge is 0.382 e. The molecular weight excluding hydrogens is 198 g/mol. The van der Waals surface area contributed by atoms with Crippen LogP contribution in [0.5, 0.6) is 0 Å². The second kappa shape index (κ2) is 5.92. The van der Waals surface area contributed by atoms with Crippen LogP contribution in [0.2, 0.25) is 0 Å². The first-order chi connectivity index (χ1) is 7.61. The molecule has 0 bridgehead atoms. The summed E-state index contributed by atoms with van der Waals surface area (Å²) in [7, 11) is 0. The van der Waals surface area contributed by atoms with Crippen molar-refractivity contribution >= 4 is 5.82 Å². The number of rotatable bonds is 6. The van der Waals surface area contributed by atoms with E-state index >= 15 is 0 Å². The van der Waals surface area contributed by atoms with Crippen LogP contribution in [0.1, 0.15) is 76.5 Å². The number of hydrogen-bond donors (Lipinski definition) is 2. The topological polar surface area (TPSA) is 54.7 Å². The molecule has 0 aliphatic carbocycles. The summed E-state index contributed by atoms with van der Waals surface area (Å²) < 4.78 is 0. The minimum Gasteiger partial charge on any atom is -0.382 e. The van der Waals surface area contributed by atoms with Gasteiger partial charge in [-0.2, -0.15) is 5.10 Å². The molecule has 1 heterocycles. The minimum absolute atomic E-state index is 0.449. The molecule has 3 nitrogen and oxygen atoms in total. The predicted molar refractivity (Wildman–Crippen MR) is 69.6 cm³/mol. The van der Waals surface area contributed by atoms with Crippen molar-refractivity contribution in [2.75, 3.05) is 5.73 Å². The fourth-order valence-electron chi connectivity index (χ4n) is 2.30. The van der Waals surface area contributed by atoms with E-state index in [-0.39, 0.29) is 0 Å². The zero-order chi connectivity index (χ0) is 12.1. The summed E-state index contributed by atoms with van der Waals surface area (Å²) in [6.07, 6.45) is 4.90. The Kier molecular flexibility index (Phi) is 4.84. The van der Waals surface area contributed by atoms with Gasteiger partial charge in [0.1, 0.15) is 5.82 Å². The van der Waals surface area contributed by atoms with Gasteiger partial charge in [0.05, 0.1) is 0 Å². The van der Waals surface area contributed by atoms with Crippen LogP contribution in [0.4, 0.5) is 5.82 Å². The molecule has 3 heteroatoms. The van der Waals surface area contributed by atoms with Gasteiger partial charge in [0.25, 0.3) is 0 Å². The minimum atomic E-state index is 0.449. The number of unbranched alkanes of at least 4 members (excludes halogenated alkanes) is 1. The fourth-order valence-corrected chi connectivity index (χ4v) is 2.30.